The van der Waals surface area contributed by atoms with Gasteiger partial charge in [-0.2, -0.15) is 0 Å². The zero-order valence-electron chi connectivity index (χ0n) is 12.6. The molecule has 0 aromatic rings. The van der Waals surface area contributed by atoms with Crippen LogP contribution in [-0.4, -0.2) is 31.2 Å². The standard InChI is InChI=1S/C15H34N.ClH/c1-5-8-11-14-16(4,13-10-7-3)15-12-9-6-2;/h5-15H2,1-4H3;1H/q+1;/p-1. The third-order valence-electron chi connectivity index (χ3n) is 3.65. The summed E-state index contributed by atoms with van der Waals surface area (Å²) < 4.78 is 1.33. The molecule has 0 aliphatic rings. The van der Waals surface area contributed by atoms with Crippen molar-refractivity contribution in [1.29, 1.82) is 0 Å². The van der Waals surface area contributed by atoms with E-state index in [0.717, 1.165) is 0 Å². The first kappa shape index (κ1) is 19.6. The molecule has 17 heavy (non-hydrogen) atoms. The van der Waals surface area contributed by atoms with Crippen LogP contribution in [0.1, 0.15) is 72.1 Å². The molecule has 0 atom stereocenters. The largest absolute Gasteiger partial charge is 1.00 e. The predicted octanol–water partition coefficient (Wildman–Crippen LogP) is 1.62. The number of unbranched alkanes of at least 4 members (excludes halogenated alkanes) is 5. The average molecular weight is 264 g/mol. The Balaban J connectivity index is 0. The third kappa shape index (κ3) is 11.1. The fraction of sp³-hybridized carbons (Fsp3) is 1.00. The van der Waals surface area contributed by atoms with Crippen LogP contribution in [0.5, 0.6) is 0 Å². The van der Waals surface area contributed by atoms with E-state index in [0.29, 0.717) is 0 Å². The molecule has 0 radical (unpaired) electrons. The van der Waals surface area contributed by atoms with Gasteiger partial charge in [0.2, 0.25) is 0 Å². The Morgan fingerprint density at radius 3 is 1.29 bits per heavy atom. The van der Waals surface area contributed by atoms with Gasteiger partial charge in [-0.1, -0.05) is 40.0 Å². The number of rotatable bonds is 11. The molecule has 0 aliphatic heterocycles. The van der Waals surface area contributed by atoms with Crippen molar-refractivity contribution in [2.75, 3.05) is 26.7 Å². The van der Waals surface area contributed by atoms with Crippen molar-refractivity contribution in [3.05, 3.63) is 0 Å². The minimum atomic E-state index is 0. The van der Waals surface area contributed by atoms with Gasteiger partial charge in [0.25, 0.3) is 0 Å². The molecule has 0 amide bonds. The third-order valence-corrected chi connectivity index (χ3v) is 3.65. The summed E-state index contributed by atoms with van der Waals surface area (Å²) in [5, 5.41) is 0. The molecule has 2 heteroatoms. The van der Waals surface area contributed by atoms with Crippen LogP contribution < -0.4 is 12.4 Å². The number of quaternary nitrogens is 1. The number of halogens is 1. The van der Waals surface area contributed by atoms with E-state index in [9.17, 15) is 0 Å². The van der Waals surface area contributed by atoms with Gasteiger partial charge in [0.05, 0.1) is 26.7 Å². The Bertz CT molecular complexity index is 138. The predicted molar refractivity (Wildman–Crippen MR) is 74.7 cm³/mol. The molecule has 0 saturated heterocycles. The van der Waals surface area contributed by atoms with Crippen molar-refractivity contribution in [3.8, 4) is 0 Å². The maximum absolute atomic E-state index is 2.47. The Hall–Kier alpha value is 0.250. The lowest BCUT2D eigenvalue weighted by molar-refractivity contribution is -0.910. The summed E-state index contributed by atoms with van der Waals surface area (Å²) in [5.41, 5.74) is 0. The fourth-order valence-electron chi connectivity index (χ4n) is 2.36. The highest BCUT2D eigenvalue weighted by Gasteiger charge is 2.19. The van der Waals surface area contributed by atoms with E-state index < -0.39 is 0 Å². The van der Waals surface area contributed by atoms with Crippen molar-refractivity contribution in [2.24, 2.45) is 0 Å². The van der Waals surface area contributed by atoms with Gasteiger partial charge in [0, 0.05) is 0 Å². The van der Waals surface area contributed by atoms with E-state index in [4.69, 9.17) is 0 Å². The molecule has 0 aromatic carbocycles. The Labute approximate surface area is 116 Å². The van der Waals surface area contributed by atoms with Crippen LogP contribution in [0.3, 0.4) is 0 Å². The van der Waals surface area contributed by atoms with Crippen LogP contribution in [0.4, 0.5) is 0 Å². The van der Waals surface area contributed by atoms with E-state index in [1.807, 2.05) is 0 Å². The minimum absolute atomic E-state index is 0. The first-order valence-corrected chi connectivity index (χ1v) is 7.52. The monoisotopic (exact) mass is 263 g/mol. The topological polar surface area (TPSA) is 0 Å². The van der Waals surface area contributed by atoms with Crippen LogP contribution in [0.2, 0.25) is 0 Å². The van der Waals surface area contributed by atoms with E-state index >= 15 is 0 Å². The van der Waals surface area contributed by atoms with E-state index in [2.05, 4.69) is 27.8 Å². The van der Waals surface area contributed by atoms with E-state index in [1.165, 1.54) is 75.5 Å². The molecule has 0 unspecified atom stereocenters. The van der Waals surface area contributed by atoms with Crippen molar-refractivity contribution in [1.82, 2.24) is 0 Å². The van der Waals surface area contributed by atoms with Crippen molar-refractivity contribution in [3.63, 3.8) is 0 Å². The van der Waals surface area contributed by atoms with Crippen LogP contribution in [0.15, 0.2) is 0 Å². The second-order valence-corrected chi connectivity index (χ2v) is 5.56. The number of hydrogen-bond acceptors (Lipinski definition) is 0. The second kappa shape index (κ2) is 12.7. The highest BCUT2D eigenvalue weighted by molar-refractivity contribution is 4.46. The zero-order valence-corrected chi connectivity index (χ0v) is 13.4. The van der Waals surface area contributed by atoms with E-state index in [1.54, 1.807) is 0 Å². The highest BCUT2D eigenvalue weighted by Crippen LogP contribution is 2.12. The molecular weight excluding hydrogens is 230 g/mol. The smallest absolute Gasteiger partial charge is 0.0784 e. The zero-order chi connectivity index (χ0) is 12.3. The molecule has 1 nitrogen and oxygen atoms in total. The van der Waals surface area contributed by atoms with Crippen molar-refractivity contribution < 1.29 is 16.9 Å². The van der Waals surface area contributed by atoms with Gasteiger partial charge in [0.15, 0.2) is 0 Å². The molecule has 0 aliphatic carbocycles. The molecule has 0 rings (SSSR count). The summed E-state index contributed by atoms with van der Waals surface area (Å²) in [5.74, 6) is 0. The maximum Gasteiger partial charge on any atom is 0.0784 e. The Morgan fingerprint density at radius 1 is 0.588 bits per heavy atom. The molecule has 0 bridgehead atoms. The summed E-state index contributed by atoms with van der Waals surface area (Å²) in [7, 11) is 2.47. The highest BCUT2D eigenvalue weighted by atomic mass is 35.5. The van der Waals surface area contributed by atoms with Crippen LogP contribution in [-0.2, 0) is 0 Å². The summed E-state index contributed by atoms with van der Waals surface area (Å²) in [6.45, 7) is 11.1. The normalized spacial score (nSPS) is 11.3. The average Bonchev–Trinajstić information content (AvgIpc) is 2.27. The summed E-state index contributed by atoms with van der Waals surface area (Å²) in [6, 6.07) is 0. The summed E-state index contributed by atoms with van der Waals surface area (Å²) >= 11 is 0. The van der Waals surface area contributed by atoms with Crippen molar-refractivity contribution in [2.45, 2.75) is 72.1 Å². The van der Waals surface area contributed by atoms with Crippen LogP contribution in [0, 0.1) is 0 Å². The van der Waals surface area contributed by atoms with Gasteiger partial charge in [-0.05, 0) is 32.1 Å². The van der Waals surface area contributed by atoms with Gasteiger partial charge in [-0.15, -0.1) is 0 Å². The van der Waals surface area contributed by atoms with Crippen molar-refractivity contribution >= 4 is 0 Å². The van der Waals surface area contributed by atoms with Gasteiger partial charge in [-0.3, -0.25) is 0 Å². The van der Waals surface area contributed by atoms with Crippen LogP contribution in [0.25, 0.3) is 0 Å². The molecule has 106 valence electrons. The number of hydrogen-bond donors (Lipinski definition) is 0. The molecule has 0 heterocycles. The molecular formula is C15H34ClN. The molecule has 0 aromatic heterocycles. The SMILES string of the molecule is CCCCC[N+](C)(CCCC)CCCCC.[Cl-]. The Morgan fingerprint density at radius 2 is 0.941 bits per heavy atom. The quantitative estimate of drug-likeness (QED) is 0.393. The summed E-state index contributed by atoms with van der Waals surface area (Å²) in [4.78, 5) is 0. The van der Waals surface area contributed by atoms with Gasteiger partial charge in [-0.25, -0.2) is 0 Å². The molecule has 0 spiro atoms. The summed E-state index contributed by atoms with van der Waals surface area (Å²) in [6.07, 6.45) is 11.1. The Kier molecular flexibility index (Phi) is 14.6. The first-order chi connectivity index (χ1) is 7.68. The van der Waals surface area contributed by atoms with Gasteiger partial charge in [0.1, 0.15) is 0 Å². The van der Waals surface area contributed by atoms with Crippen LogP contribution >= 0.6 is 0 Å². The first-order valence-electron chi connectivity index (χ1n) is 7.52. The second-order valence-electron chi connectivity index (χ2n) is 5.56. The van der Waals surface area contributed by atoms with Gasteiger partial charge < -0.3 is 16.9 Å². The molecule has 0 fully saturated rings. The maximum atomic E-state index is 2.47. The fourth-order valence-corrected chi connectivity index (χ4v) is 2.36. The lowest BCUT2D eigenvalue weighted by atomic mass is 10.1. The molecule has 0 saturated carbocycles. The van der Waals surface area contributed by atoms with Gasteiger partial charge >= 0.3 is 0 Å². The number of nitrogens with zero attached hydrogens (tertiary/aromatic N) is 1. The minimum Gasteiger partial charge on any atom is -1.00 e. The molecule has 0 N–H and O–H groups in total. The lowest BCUT2D eigenvalue weighted by Crippen LogP contribution is -3.00. The van der Waals surface area contributed by atoms with E-state index in [-0.39, 0.29) is 12.4 Å². The lowest BCUT2D eigenvalue weighted by Gasteiger charge is -2.35.